The predicted octanol–water partition coefficient (Wildman–Crippen LogP) is 3.32. The van der Waals surface area contributed by atoms with Gasteiger partial charge in [-0.25, -0.2) is 9.97 Å². The van der Waals surface area contributed by atoms with Crippen LogP contribution in [0.4, 0.5) is 0 Å². The van der Waals surface area contributed by atoms with E-state index < -0.39 is 11.9 Å². The van der Waals surface area contributed by atoms with Crippen LogP contribution in [-0.4, -0.2) is 32.4 Å². The Balaban J connectivity index is 1.60. The number of aryl methyl sites for hydroxylation is 1. The number of aromatic nitrogens is 3. The molecule has 0 aliphatic carbocycles. The van der Waals surface area contributed by atoms with Crippen LogP contribution in [0.25, 0.3) is 5.82 Å². The monoisotopic (exact) mass is 431 g/mol. The Labute approximate surface area is 178 Å². The standard InChI is InChI=1S/C20H19Cl2N5O2/c1-12(26-20(29)15-4-3-5-16(21)18(15)22)19(28)25-11-14-6-7-24-17(10-14)27-9-8-23-13(27)2/h3-10,12H,11H2,1-2H3,(H,25,28)(H,26,29). The number of pyridine rings is 1. The molecule has 0 saturated carbocycles. The number of carbonyl (C=O) groups excluding carboxylic acids is 2. The van der Waals surface area contributed by atoms with E-state index in [0.717, 1.165) is 11.4 Å². The van der Waals surface area contributed by atoms with Crippen LogP contribution < -0.4 is 10.6 Å². The second-order valence-corrected chi connectivity index (χ2v) is 7.17. The zero-order valence-corrected chi connectivity index (χ0v) is 17.3. The van der Waals surface area contributed by atoms with Crippen molar-refractivity contribution in [2.75, 3.05) is 0 Å². The molecule has 1 aromatic carbocycles. The Morgan fingerprint density at radius 2 is 1.97 bits per heavy atom. The minimum Gasteiger partial charge on any atom is -0.350 e. The average molecular weight is 432 g/mol. The summed E-state index contributed by atoms with van der Waals surface area (Å²) >= 11 is 12.0. The lowest BCUT2D eigenvalue weighted by Gasteiger charge is -2.15. The fourth-order valence-corrected chi connectivity index (χ4v) is 3.07. The van der Waals surface area contributed by atoms with Crippen LogP contribution in [0, 0.1) is 6.92 Å². The van der Waals surface area contributed by atoms with E-state index in [-0.39, 0.29) is 21.5 Å². The summed E-state index contributed by atoms with van der Waals surface area (Å²) in [6.45, 7) is 3.77. The number of amides is 2. The molecule has 2 amide bonds. The molecule has 1 unspecified atom stereocenters. The molecule has 3 rings (SSSR count). The van der Waals surface area contributed by atoms with Gasteiger partial charge >= 0.3 is 0 Å². The minimum atomic E-state index is -0.755. The smallest absolute Gasteiger partial charge is 0.253 e. The van der Waals surface area contributed by atoms with Gasteiger partial charge in [0.15, 0.2) is 0 Å². The maximum absolute atomic E-state index is 12.4. The number of nitrogens with one attached hydrogen (secondary N) is 2. The fourth-order valence-electron chi connectivity index (χ4n) is 2.68. The molecule has 0 fully saturated rings. The molecule has 2 aromatic heterocycles. The Morgan fingerprint density at radius 1 is 1.17 bits per heavy atom. The summed E-state index contributed by atoms with van der Waals surface area (Å²) in [5.74, 6) is 0.731. The summed E-state index contributed by atoms with van der Waals surface area (Å²) in [4.78, 5) is 33.3. The van der Waals surface area contributed by atoms with E-state index in [9.17, 15) is 9.59 Å². The van der Waals surface area contributed by atoms with Gasteiger partial charge in [-0.1, -0.05) is 29.3 Å². The van der Waals surface area contributed by atoms with Crippen LogP contribution in [0.1, 0.15) is 28.7 Å². The van der Waals surface area contributed by atoms with E-state index in [1.807, 2.05) is 29.8 Å². The fraction of sp³-hybridized carbons (Fsp3) is 0.200. The zero-order valence-electron chi connectivity index (χ0n) is 15.8. The minimum absolute atomic E-state index is 0.151. The van der Waals surface area contributed by atoms with Crippen molar-refractivity contribution in [3.8, 4) is 5.82 Å². The summed E-state index contributed by atoms with van der Waals surface area (Å²) in [7, 11) is 0. The van der Waals surface area contributed by atoms with E-state index in [1.165, 1.54) is 0 Å². The van der Waals surface area contributed by atoms with Gasteiger partial charge in [-0.2, -0.15) is 0 Å². The number of halogens is 2. The third kappa shape index (κ3) is 4.93. The molecule has 0 aliphatic rings. The van der Waals surface area contributed by atoms with Crippen molar-refractivity contribution in [2.24, 2.45) is 0 Å². The molecule has 0 aliphatic heterocycles. The molecule has 3 aromatic rings. The average Bonchev–Trinajstić information content (AvgIpc) is 3.14. The van der Waals surface area contributed by atoms with Crippen molar-refractivity contribution in [3.63, 3.8) is 0 Å². The Bertz CT molecular complexity index is 1050. The highest BCUT2D eigenvalue weighted by atomic mass is 35.5. The third-order valence-corrected chi connectivity index (χ3v) is 5.11. The second-order valence-electron chi connectivity index (χ2n) is 6.38. The van der Waals surface area contributed by atoms with Gasteiger partial charge in [0.2, 0.25) is 5.91 Å². The number of rotatable bonds is 6. The number of carbonyl (C=O) groups is 2. The van der Waals surface area contributed by atoms with Crippen LogP contribution in [-0.2, 0) is 11.3 Å². The maximum Gasteiger partial charge on any atom is 0.253 e. The molecule has 2 N–H and O–H groups in total. The number of benzene rings is 1. The predicted molar refractivity (Wildman–Crippen MR) is 111 cm³/mol. The number of imidazole rings is 1. The lowest BCUT2D eigenvalue weighted by atomic mass is 10.2. The summed E-state index contributed by atoms with van der Waals surface area (Å²) in [5, 5.41) is 5.85. The van der Waals surface area contributed by atoms with Gasteiger partial charge in [0.05, 0.1) is 15.6 Å². The molecule has 150 valence electrons. The summed E-state index contributed by atoms with van der Waals surface area (Å²) in [6, 6.07) is 7.68. The first-order valence-corrected chi connectivity index (χ1v) is 9.60. The largest absolute Gasteiger partial charge is 0.350 e. The van der Waals surface area contributed by atoms with E-state index >= 15 is 0 Å². The third-order valence-electron chi connectivity index (χ3n) is 4.29. The molecule has 0 saturated heterocycles. The first-order valence-electron chi connectivity index (χ1n) is 8.84. The molecule has 9 heteroatoms. The summed E-state index contributed by atoms with van der Waals surface area (Å²) in [5.41, 5.74) is 1.08. The normalized spacial score (nSPS) is 11.7. The molecule has 0 spiro atoms. The molecular weight excluding hydrogens is 413 g/mol. The van der Waals surface area contributed by atoms with Crippen LogP contribution in [0.5, 0.6) is 0 Å². The van der Waals surface area contributed by atoms with Gasteiger partial charge in [-0.05, 0) is 43.7 Å². The molecule has 2 heterocycles. The number of hydrogen-bond acceptors (Lipinski definition) is 4. The van der Waals surface area contributed by atoms with E-state index in [2.05, 4.69) is 20.6 Å². The molecule has 29 heavy (non-hydrogen) atoms. The van der Waals surface area contributed by atoms with Crippen molar-refractivity contribution in [2.45, 2.75) is 26.4 Å². The maximum atomic E-state index is 12.4. The second kappa shape index (κ2) is 9.07. The van der Waals surface area contributed by atoms with Crippen LogP contribution in [0.2, 0.25) is 10.0 Å². The highest BCUT2D eigenvalue weighted by molar-refractivity contribution is 6.43. The lowest BCUT2D eigenvalue weighted by Crippen LogP contribution is -2.44. The zero-order chi connectivity index (χ0) is 21.0. The van der Waals surface area contributed by atoms with Crippen molar-refractivity contribution < 1.29 is 9.59 Å². The van der Waals surface area contributed by atoms with E-state index in [4.69, 9.17) is 23.2 Å². The Morgan fingerprint density at radius 3 is 2.69 bits per heavy atom. The molecule has 7 nitrogen and oxygen atoms in total. The van der Waals surface area contributed by atoms with E-state index in [0.29, 0.717) is 12.4 Å². The van der Waals surface area contributed by atoms with Gasteiger partial charge < -0.3 is 10.6 Å². The highest BCUT2D eigenvalue weighted by Gasteiger charge is 2.19. The van der Waals surface area contributed by atoms with Crippen LogP contribution >= 0.6 is 23.2 Å². The molecule has 1 atom stereocenters. The Hall–Kier alpha value is -2.90. The van der Waals surface area contributed by atoms with Gasteiger partial charge in [-0.15, -0.1) is 0 Å². The number of nitrogens with zero attached hydrogens (tertiary/aromatic N) is 3. The number of hydrogen-bond donors (Lipinski definition) is 2. The SMILES string of the molecule is Cc1nccn1-c1cc(CNC(=O)C(C)NC(=O)c2cccc(Cl)c2Cl)ccn1. The molecule has 0 radical (unpaired) electrons. The first-order chi connectivity index (χ1) is 13.9. The van der Waals surface area contributed by atoms with Crippen LogP contribution in [0.3, 0.4) is 0 Å². The summed E-state index contributed by atoms with van der Waals surface area (Å²) < 4.78 is 1.85. The van der Waals surface area contributed by atoms with Crippen LogP contribution in [0.15, 0.2) is 48.9 Å². The topological polar surface area (TPSA) is 88.9 Å². The van der Waals surface area contributed by atoms with Gasteiger partial charge in [-0.3, -0.25) is 14.2 Å². The lowest BCUT2D eigenvalue weighted by molar-refractivity contribution is -0.122. The van der Waals surface area contributed by atoms with E-state index in [1.54, 1.807) is 37.5 Å². The molecule has 0 bridgehead atoms. The van der Waals surface area contributed by atoms with Crippen molar-refractivity contribution in [1.29, 1.82) is 0 Å². The first kappa shape index (κ1) is 20.8. The van der Waals surface area contributed by atoms with Crippen molar-refractivity contribution in [1.82, 2.24) is 25.2 Å². The van der Waals surface area contributed by atoms with Gasteiger partial charge in [0.1, 0.15) is 17.7 Å². The quantitative estimate of drug-likeness (QED) is 0.626. The van der Waals surface area contributed by atoms with Crippen molar-refractivity contribution >= 4 is 35.0 Å². The molecular formula is C20H19Cl2N5O2. The van der Waals surface area contributed by atoms with Gasteiger partial charge in [0.25, 0.3) is 5.91 Å². The van der Waals surface area contributed by atoms with Crippen molar-refractivity contribution in [3.05, 3.63) is 75.9 Å². The van der Waals surface area contributed by atoms with Gasteiger partial charge in [0, 0.05) is 25.1 Å². The Kier molecular flexibility index (Phi) is 6.51. The highest BCUT2D eigenvalue weighted by Crippen LogP contribution is 2.25. The summed E-state index contributed by atoms with van der Waals surface area (Å²) in [6.07, 6.45) is 5.18.